The molecule has 3 rings (SSSR count). The lowest BCUT2D eigenvalue weighted by Gasteiger charge is -2.33. The first-order valence-electron chi connectivity index (χ1n) is 8.55. The molecule has 1 heterocycles. The monoisotopic (exact) mass is 349 g/mol. The van der Waals surface area contributed by atoms with E-state index in [2.05, 4.69) is 4.90 Å². The molecule has 1 saturated carbocycles. The third-order valence-corrected chi connectivity index (χ3v) is 5.82. The van der Waals surface area contributed by atoms with Crippen LogP contribution in [0.3, 0.4) is 0 Å². The lowest BCUT2D eigenvalue weighted by Crippen LogP contribution is -2.48. The zero-order valence-corrected chi connectivity index (χ0v) is 15.1. The van der Waals surface area contributed by atoms with Crippen molar-refractivity contribution in [3.63, 3.8) is 0 Å². The molecule has 2 fully saturated rings. The summed E-state index contributed by atoms with van der Waals surface area (Å²) < 4.78 is 13.6. The molecule has 6 heteroatoms. The molecule has 0 N–H and O–H groups in total. The topological polar surface area (TPSA) is 35.9 Å². The third kappa shape index (κ3) is 3.74. The van der Waals surface area contributed by atoms with Crippen molar-refractivity contribution in [2.24, 2.45) is 4.99 Å². The van der Waals surface area contributed by atoms with E-state index in [1.165, 1.54) is 38.3 Å². The molecule has 1 aromatic rings. The summed E-state index contributed by atoms with van der Waals surface area (Å²) >= 11 is 1.69. The zero-order chi connectivity index (χ0) is 17.1. The highest BCUT2D eigenvalue weighted by Crippen LogP contribution is 2.31. The molecule has 1 amide bonds. The van der Waals surface area contributed by atoms with Gasteiger partial charge in [0.05, 0.1) is 6.04 Å². The van der Waals surface area contributed by atoms with Crippen LogP contribution < -0.4 is 4.90 Å². The second-order valence-electron chi connectivity index (χ2n) is 6.47. The number of anilines is 1. The third-order valence-electron chi connectivity index (χ3n) is 4.70. The molecular formula is C18H24FN3OS. The fraction of sp³-hybridized carbons (Fsp3) is 0.556. The average Bonchev–Trinajstić information content (AvgIpc) is 2.90. The molecule has 2 aliphatic rings. The van der Waals surface area contributed by atoms with Crippen molar-refractivity contribution in [3.8, 4) is 0 Å². The number of halogens is 1. The lowest BCUT2D eigenvalue weighted by molar-refractivity contribution is -0.117. The Morgan fingerprint density at radius 1 is 1.33 bits per heavy atom. The van der Waals surface area contributed by atoms with E-state index in [9.17, 15) is 9.18 Å². The van der Waals surface area contributed by atoms with Crippen molar-refractivity contribution in [2.75, 3.05) is 17.7 Å². The molecule has 1 saturated heterocycles. The summed E-state index contributed by atoms with van der Waals surface area (Å²) in [6.07, 6.45) is 6.00. The van der Waals surface area contributed by atoms with Crippen LogP contribution in [0.5, 0.6) is 0 Å². The van der Waals surface area contributed by atoms with Crippen LogP contribution >= 0.6 is 11.8 Å². The van der Waals surface area contributed by atoms with Crippen LogP contribution in [-0.4, -0.2) is 41.0 Å². The minimum absolute atomic E-state index is 0.0861. The van der Waals surface area contributed by atoms with Gasteiger partial charge in [0, 0.05) is 25.4 Å². The van der Waals surface area contributed by atoms with E-state index in [1.54, 1.807) is 28.8 Å². The fourth-order valence-corrected chi connectivity index (χ4v) is 4.64. The number of nitrogens with zero attached hydrogens (tertiary/aromatic N) is 3. The maximum atomic E-state index is 13.6. The summed E-state index contributed by atoms with van der Waals surface area (Å²) in [7, 11) is 1.97. The molecule has 0 radical (unpaired) electrons. The van der Waals surface area contributed by atoms with Gasteiger partial charge >= 0.3 is 0 Å². The highest BCUT2D eigenvalue weighted by molar-refractivity contribution is 8.14. The molecule has 130 valence electrons. The first kappa shape index (κ1) is 17.3. The molecule has 1 atom stereocenters. The second-order valence-corrected chi connectivity index (χ2v) is 7.46. The molecule has 0 bridgehead atoms. The minimum Gasteiger partial charge on any atom is -0.333 e. The van der Waals surface area contributed by atoms with Crippen molar-refractivity contribution in [1.82, 2.24) is 4.90 Å². The van der Waals surface area contributed by atoms with Crippen molar-refractivity contribution in [2.45, 2.75) is 51.2 Å². The van der Waals surface area contributed by atoms with E-state index in [4.69, 9.17) is 4.99 Å². The van der Waals surface area contributed by atoms with Crippen LogP contribution in [-0.2, 0) is 4.79 Å². The van der Waals surface area contributed by atoms with Gasteiger partial charge in [-0.2, -0.15) is 0 Å². The van der Waals surface area contributed by atoms with Gasteiger partial charge in [0.25, 0.3) is 0 Å². The standard InChI is InChI=1S/C18H24FN3OS/c1-13(23)22(16-10-6-7-14(19)11-16)17-12-24-18(21(17)2)20-15-8-4-3-5-9-15/h6-7,10-11,15,17H,3-5,8-9,12H2,1-2H3. The lowest BCUT2D eigenvalue weighted by atomic mass is 9.96. The van der Waals surface area contributed by atoms with Gasteiger partial charge in [-0.1, -0.05) is 37.1 Å². The Bertz CT molecular complexity index is 630. The van der Waals surface area contributed by atoms with Crippen LogP contribution in [0.4, 0.5) is 10.1 Å². The van der Waals surface area contributed by atoms with Gasteiger partial charge in [0.2, 0.25) is 5.91 Å². The maximum absolute atomic E-state index is 13.6. The summed E-state index contributed by atoms with van der Waals surface area (Å²) in [5.74, 6) is 0.332. The number of thioether (sulfide) groups is 1. The van der Waals surface area contributed by atoms with E-state index in [1.807, 2.05) is 7.05 Å². The van der Waals surface area contributed by atoms with Gasteiger partial charge < -0.3 is 4.90 Å². The molecular weight excluding hydrogens is 325 g/mol. The minimum atomic E-state index is -0.330. The summed E-state index contributed by atoms with van der Waals surface area (Å²) in [4.78, 5) is 20.9. The van der Waals surface area contributed by atoms with Crippen molar-refractivity contribution >= 4 is 28.5 Å². The van der Waals surface area contributed by atoms with Crippen LogP contribution in [0.2, 0.25) is 0 Å². The number of carbonyl (C=O) groups is 1. The quantitative estimate of drug-likeness (QED) is 0.831. The Morgan fingerprint density at radius 2 is 2.08 bits per heavy atom. The Hall–Kier alpha value is -1.56. The van der Waals surface area contributed by atoms with E-state index >= 15 is 0 Å². The Balaban J connectivity index is 1.80. The van der Waals surface area contributed by atoms with Gasteiger partial charge in [-0.25, -0.2) is 4.39 Å². The average molecular weight is 349 g/mol. The van der Waals surface area contributed by atoms with Crippen LogP contribution in [0.1, 0.15) is 39.0 Å². The molecule has 1 aliphatic carbocycles. The predicted molar refractivity (Wildman–Crippen MR) is 97.9 cm³/mol. The van der Waals surface area contributed by atoms with Crippen molar-refractivity contribution < 1.29 is 9.18 Å². The largest absolute Gasteiger partial charge is 0.333 e. The number of amidine groups is 1. The highest BCUT2D eigenvalue weighted by atomic mass is 32.2. The molecule has 1 aromatic carbocycles. The number of hydrogen-bond acceptors (Lipinski definition) is 3. The summed E-state index contributed by atoms with van der Waals surface area (Å²) in [5, 5.41) is 0.995. The van der Waals surface area contributed by atoms with Gasteiger partial charge in [0.1, 0.15) is 12.0 Å². The fourth-order valence-electron chi connectivity index (χ4n) is 3.42. The summed E-state index contributed by atoms with van der Waals surface area (Å²) in [5.41, 5.74) is 0.596. The number of amides is 1. The smallest absolute Gasteiger partial charge is 0.225 e. The Labute approximate surface area is 147 Å². The Kier molecular flexibility index (Phi) is 5.43. The van der Waals surface area contributed by atoms with Crippen LogP contribution in [0, 0.1) is 5.82 Å². The normalized spacial score (nSPS) is 23.7. The first-order chi connectivity index (χ1) is 11.6. The van der Waals surface area contributed by atoms with Crippen LogP contribution in [0.25, 0.3) is 0 Å². The molecule has 0 aromatic heterocycles. The SMILES string of the molecule is CC(=O)N(c1cccc(F)c1)C1CSC(=NC2CCCCC2)N1C. The summed E-state index contributed by atoms with van der Waals surface area (Å²) in [6.45, 7) is 1.53. The number of benzene rings is 1. The number of carbonyl (C=O) groups excluding carboxylic acids is 1. The van der Waals surface area contributed by atoms with E-state index < -0.39 is 0 Å². The number of hydrogen-bond donors (Lipinski definition) is 0. The van der Waals surface area contributed by atoms with E-state index in [0.29, 0.717) is 11.7 Å². The van der Waals surface area contributed by atoms with Gasteiger partial charge in [0.15, 0.2) is 5.17 Å². The second kappa shape index (κ2) is 7.55. The molecule has 4 nitrogen and oxygen atoms in total. The van der Waals surface area contributed by atoms with E-state index in [-0.39, 0.29) is 17.9 Å². The van der Waals surface area contributed by atoms with Gasteiger partial charge in [-0.15, -0.1) is 0 Å². The highest BCUT2D eigenvalue weighted by Gasteiger charge is 2.35. The van der Waals surface area contributed by atoms with E-state index in [0.717, 1.165) is 23.8 Å². The zero-order valence-electron chi connectivity index (χ0n) is 14.2. The molecule has 1 aliphatic heterocycles. The number of aliphatic imine (C=N–C) groups is 1. The Morgan fingerprint density at radius 3 is 2.75 bits per heavy atom. The van der Waals surface area contributed by atoms with Gasteiger partial charge in [-0.3, -0.25) is 14.7 Å². The number of rotatable bonds is 3. The molecule has 24 heavy (non-hydrogen) atoms. The molecule has 1 unspecified atom stereocenters. The molecule has 0 spiro atoms. The predicted octanol–water partition coefficient (Wildman–Crippen LogP) is 3.87. The maximum Gasteiger partial charge on any atom is 0.225 e. The first-order valence-corrected chi connectivity index (χ1v) is 9.53. The van der Waals surface area contributed by atoms with Gasteiger partial charge in [-0.05, 0) is 31.0 Å². The van der Waals surface area contributed by atoms with Crippen molar-refractivity contribution in [1.29, 1.82) is 0 Å². The van der Waals surface area contributed by atoms with Crippen LogP contribution in [0.15, 0.2) is 29.3 Å². The summed E-state index contributed by atoms with van der Waals surface area (Å²) in [6, 6.07) is 6.63. The van der Waals surface area contributed by atoms with Crippen molar-refractivity contribution in [3.05, 3.63) is 30.1 Å².